The van der Waals surface area contributed by atoms with E-state index in [2.05, 4.69) is 19.6 Å². The number of rotatable bonds is 15. The van der Waals surface area contributed by atoms with Crippen LogP contribution in [-0.2, 0) is 26.3 Å². The molecule has 0 aliphatic carbocycles. The molecule has 0 unspecified atom stereocenters. The largest absolute Gasteiger partial charge is 0.451 e. The third kappa shape index (κ3) is 9.87. The number of carbonyl (C=O) groups is 1. The van der Waals surface area contributed by atoms with Crippen LogP contribution >= 0.6 is 0 Å². The van der Waals surface area contributed by atoms with Crippen molar-refractivity contribution in [3.05, 3.63) is 78.0 Å². The molecular weight excluding hydrogens is 768 g/mol. The van der Waals surface area contributed by atoms with Crippen LogP contribution in [0.3, 0.4) is 0 Å². The number of likely N-dealkylation sites (tertiary alicyclic amines) is 1. The first-order chi connectivity index (χ1) is 27.2. The third-order valence-electron chi connectivity index (χ3n) is 11.2. The molecule has 14 nitrogen and oxygen atoms in total. The number of ether oxygens (including phenoxy) is 3. The van der Waals surface area contributed by atoms with Crippen LogP contribution in [0.25, 0.3) is 0 Å². The van der Waals surface area contributed by atoms with Crippen molar-refractivity contribution in [1.29, 1.82) is 0 Å². The van der Waals surface area contributed by atoms with Crippen molar-refractivity contribution in [2.75, 3.05) is 63.9 Å². The molecule has 4 fully saturated rings. The number of β-amino-alcohol motifs (C(OH)–C–C–N with tert-alkyl or cyclic N) is 1. The lowest BCUT2D eigenvalue weighted by atomic mass is 9.72. The molecule has 4 aliphatic rings. The number of piperidine rings is 1. The van der Waals surface area contributed by atoms with Gasteiger partial charge >= 0.3 is 0 Å². The van der Waals surface area contributed by atoms with Gasteiger partial charge in [0.25, 0.3) is 22.5 Å². The molecule has 7 rings (SSSR count). The van der Waals surface area contributed by atoms with Crippen LogP contribution in [0.15, 0.2) is 61.1 Å². The standard InChI is InChI=1S/C39H50F3N7O7S/c1-27(2)49(20-35(41)42)37(50)32-16-29(40)8-9-33(32)56-34-17-43-26-44-36(34)47-23-38(24-47)12-14-46(15-13-38)25-39(51)11-10-30(22-55-39)45-57(52,53)48-18-31(19-48)54-21-28-6-4-3-5-7-28/h3-9,16-17,26-27,30-31,35,45,51H,10-15,18-25H2,1-2H3/t30-,39-/m1/s1. The predicted octanol–water partition coefficient (Wildman–Crippen LogP) is 4.03. The Labute approximate surface area is 331 Å². The van der Waals surface area contributed by atoms with Gasteiger partial charge in [-0.3, -0.25) is 9.69 Å². The lowest BCUT2D eigenvalue weighted by Gasteiger charge is -2.55. The molecule has 0 saturated carbocycles. The number of benzene rings is 2. The zero-order valence-corrected chi connectivity index (χ0v) is 32.9. The molecule has 0 radical (unpaired) electrons. The zero-order valence-electron chi connectivity index (χ0n) is 32.1. The minimum absolute atomic E-state index is 0.00189. The van der Waals surface area contributed by atoms with E-state index in [0.717, 1.165) is 48.5 Å². The molecule has 1 aromatic heterocycles. The second-order valence-corrected chi connectivity index (χ2v) is 17.6. The molecule has 4 aliphatic heterocycles. The maximum absolute atomic E-state index is 14.3. The molecule has 310 valence electrons. The molecule has 4 saturated heterocycles. The normalized spacial score (nSPS) is 23.1. The van der Waals surface area contributed by atoms with Gasteiger partial charge in [0, 0.05) is 50.1 Å². The van der Waals surface area contributed by atoms with Crippen LogP contribution in [0, 0.1) is 11.2 Å². The van der Waals surface area contributed by atoms with Gasteiger partial charge < -0.3 is 29.1 Å². The Kier molecular flexibility index (Phi) is 12.4. The van der Waals surface area contributed by atoms with Crippen LogP contribution in [0.2, 0.25) is 0 Å². The Hall–Kier alpha value is -3.91. The monoisotopic (exact) mass is 817 g/mol. The topological polar surface area (TPSA) is 150 Å². The summed E-state index contributed by atoms with van der Waals surface area (Å²) in [5.74, 6) is -2.12. The smallest absolute Gasteiger partial charge is 0.279 e. The summed E-state index contributed by atoms with van der Waals surface area (Å²) in [5.41, 5.74) is 0.856. The molecule has 2 N–H and O–H groups in total. The van der Waals surface area contributed by atoms with Crippen molar-refractivity contribution in [3.63, 3.8) is 0 Å². The Morgan fingerprint density at radius 1 is 1.09 bits per heavy atom. The van der Waals surface area contributed by atoms with Crippen LogP contribution in [0.5, 0.6) is 11.5 Å². The highest BCUT2D eigenvalue weighted by Crippen LogP contribution is 2.45. The highest BCUT2D eigenvalue weighted by atomic mass is 32.2. The van der Waals surface area contributed by atoms with Gasteiger partial charge in [-0.05, 0) is 70.0 Å². The fourth-order valence-corrected chi connectivity index (χ4v) is 9.38. The quantitative estimate of drug-likeness (QED) is 0.229. The molecule has 1 amide bonds. The number of hydrogen-bond acceptors (Lipinski definition) is 11. The average Bonchev–Trinajstić information content (AvgIpc) is 3.14. The number of alkyl halides is 2. The molecule has 3 aromatic rings. The molecule has 5 heterocycles. The first-order valence-electron chi connectivity index (χ1n) is 19.3. The van der Waals surface area contributed by atoms with E-state index >= 15 is 0 Å². The summed E-state index contributed by atoms with van der Waals surface area (Å²) in [6, 6.07) is 12.1. The first-order valence-corrected chi connectivity index (χ1v) is 20.8. The molecule has 0 bridgehead atoms. The van der Waals surface area contributed by atoms with Crippen molar-refractivity contribution in [1.82, 2.24) is 28.8 Å². The highest BCUT2D eigenvalue weighted by Gasteiger charge is 2.48. The SMILES string of the molecule is CC(C)N(CC(F)F)C(=O)c1cc(F)ccc1Oc1cncnc1N1CC2(CCN(C[C@@]3(O)CC[C@@H](NS(=O)(=O)N4CC(OCc5ccccc5)C4)CO3)CC2)C1. The van der Waals surface area contributed by atoms with E-state index < -0.39 is 52.8 Å². The summed E-state index contributed by atoms with van der Waals surface area (Å²) in [5, 5.41) is 11.3. The van der Waals surface area contributed by atoms with E-state index in [1.807, 2.05) is 35.2 Å². The van der Waals surface area contributed by atoms with Crippen LogP contribution < -0.4 is 14.4 Å². The number of aromatic nitrogens is 2. The van der Waals surface area contributed by atoms with Crippen molar-refractivity contribution >= 4 is 21.9 Å². The Morgan fingerprint density at radius 2 is 1.82 bits per heavy atom. The van der Waals surface area contributed by atoms with Crippen molar-refractivity contribution in [3.8, 4) is 11.5 Å². The Bertz CT molecular complexity index is 1950. The maximum atomic E-state index is 14.3. The zero-order chi connectivity index (χ0) is 40.4. The van der Waals surface area contributed by atoms with E-state index in [1.54, 1.807) is 13.8 Å². The predicted molar refractivity (Wildman–Crippen MR) is 204 cm³/mol. The van der Waals surface area contributed by atoms with Gasteiger partial charge in [0.1, 0.15) is 17.9 Å². The number of aliphatic hydroxyl groups is 1. The lowest BCUT2D eigenvalue weighted by molar-refractivity contribution is -0.239. The minimum Gasteiger partial charge on any atom is -0.451 e. The number of nitrogens with one attached hydrogen (secondary N) is 1. The molecule has 2 atom stereocenters. The second kappa shape index (κ2) is 17.1. The summed E-state index contributed by atoms with van der Waals surface area (Å²) < 4.78 is 88.9. The first kappa shape index (κ1) is 41.3. The van der Waals surface area contributed by atoms with Crippen molar-refractivity contribution in [2.24, 2.45) is 5.41 Å². The lowest BCUT2D eigenvalue weighted by Crippen LogP contribution is -2.62. The second-order valence-electron chi connectivity index (χ2n) is 15.9. The van der Waals surface area contributed by atoms with Gasteiger partial charge in [0.15, 0.2) is 17.4 Å². The number of anilines is 1. The van der Waals surface area contributed by atoms with E-state index in [-0.39, 0.29) is 54.7 Å². The Morgan fingerprint density at radius 3 is 2.49 bits per heavy atom. The van der Waals surface area contributed by atoms with Gasteiger partial charge in [-0.25, -0.2) is 23.1 Å². The van der Waals surface area contributed by atoms with Gasteiger partial charge in [0.2, 0.25) is 0 Å². The van der Waals surface area contributed by atoms with Gasteiger partial charge in [-0.15, -0.1) is 0 Å². The molecule has 57 heavy (non-hydrogen) atoms. The summed E-state index contributed by atoms with van der Waals surface area (Å²) in [7, 11) is -3.71. The fourth-order valence-electron chi connectivity index (χ4n) is 7.90. The maximum Gasteiger partial charge on any atom is 0.279 e. The van der Waals surface area contributed by atoms with E-state index in [1.165, 1.54) is 22.9 Å². The van der Waals surface area contributed by atoms with Crippen molar-refractivity contribution in [2.45, 2.75) is 76.5 Å². The van der Waals surface area contributed by atoms with E-state index in [0.29, 0.717) is 38.5 Å². The van der Waals surface area contributed by atoms with Crippen LogP contribution in [-0.4, -0.2) is 133 Å². The molecule has 2 aromatic carbocycles. The molecule has 1 spiro atoms. The molecule has 18 heteroatoms. The number of halogens is 3. The summed E-state index contributed by atoms with van der Waals surface area (Å²) in [6.45, 7) is 6.61. The Balaban J connectivity index is 0.867. The number of hydrogen-bond donors (Lipinski definition) is 2. The van der Waals surface area contributed by atoms with Crippen LogP contribution in [0.4, 0.5) is 19.0 Å². The van der Waals surface area contributed by atoms with Crippen LogP contribution in [0.1, 0.15) is 55.5 Å². The van der Waals surface area contributed by atoms with Gasteiger partial charge in [0.05, 0.1) is 44.2 Å². The number of carbonyl (C=O) groups excluding carboxylic acids is 1. The molecular formula is C39H50F3N7O7S. The van der Waals surface area contributed by atoms with E-state index in [9.17, 15) is 31.5 Å². The number of nitrogens with zero attached hydrogens (tertiary/aromatic N) is 6. The number of amides is 1. The average molecular weight is 818 g/mol. The summed E-state index contributed by atoms with van der Waals surface area (Å²) in [4.78, 5) is 27.1. The third-order valence-corrected chi connectivity index (χ3v) is 12.9. The van der Waals surface area contributed by atoms with Gasteiger partial charge in [-0.1, -0.05) is 30.3 Å². The fraction of sp³-hybridized carbons (Fsp3) is 0.564. The summed E-state index contributed by atoms with van der Waals surface area (Å²) >= 11 is 0. The summed E-state index contributed by atoms with van der Waals surface area (Å²) in [6.07, 6.45) is 2.37. The van der Waals surface area contributed by atoms with Gasteiger partial charge in [-0.2, -0.15) is 17.4 Å². The van der Waals surface area contributed by atoms with E-state index in [4.69, 9.17) is 14.2 Å². The van der Waals surface area contributed by atoms with Crippen molar-refractivity contribution < 1.29 is 45.7 Å². The minimum atomic E-state index is -3.71. The highest BCUT2D eigenvalue weighted by molar-refractivity contribution is 7.87.